The Balaban J connectivity index is 1.46. The number of methoxy groups -OCH3 is 2. The van der Waals surface area contributed by atoms with Crippen LogP contribution in [0.3, 0.4) is 0 Å². The van der Waals surface area contributed by atoms with E-state index in [1.165, 1.54) is 5.56 Å². The molecular weight excluding hydrogens is 378 g/mol. The summed E-state index contributed by atoms with van der Waals surface area (Å²) in [5, 5.41) is 3.74. The van der Waals surface area contributed by atoms with Gasteiger partial charge < -0.3 is 19.7 Å². The summed E-state index contributed by atoms with van der Waals surface area (Å²) in [7, 11) is 3.20. The lowest BCUT2D eigenvalue weighted by atomic mass is 10.2. The molecule has 2 aromatic carbocycles. The van der Waals surface area contributed by atoms with E-state index in [1.807, 2.05) is 41.3 Å². The van der Waals surface area contributed by atoms with Crippen molar-refractivity contribution in [2.75, 3.05) is 40.4 Å². The number of hydrogen-bond acceptors (Lipinski definition) is 4. The molecule has 0 aromatic heterocycles. The number of benzene rings is 2. The average Bonchev–Trinajstić information content (AvgIpc) is 2.72. The van der Waals surface area contributed by atoms with Crippen molar-refractivity contribution < 1.29 is 14.3 Å². The molecule has 1 aliphatic rings. The Hall–Kier alpha value is -2.44. The molecule has 1 N–H and O–H groups in total. The van der Waals surface area contributed by atoms with E-state index in [9.17, 15) is 4.79 Å². The van der Waals surface area contributed by atoms with Gasteiger partial charge in [0.05, 0.1) is 14.2 Å². The monoisotopic (exact) mass is 403 g/mol. The molecule has 1 fully saturated rings. The predicted octanol–water partition coefficient (Wildman–Crippen LogP) is 3.38. The first-order valence-corrected chi connectivity index (χ1v) is 9.67. The van der Waals surface area contributed by atoms with Crippen LogP contribution in [-0.2, 0) is 13.1 Å². The van der Waals surface area contributed by atoms with Crippen LogP contribution in [0.25, 0.3) is 0 Å². The lowest BCUT2D eigenvalue weighted by molar-refractivity contribution is 0.135. The van der Waals surface area contributed by atoms with Crippen molar-refractivity contribution in [2.45, 2.75) is 13.1 Å². The maximum Gasteiger partial charge on any atom is 0.317 e. The molecule has 150 valence electrons. The summed E-state index contributed by atoms with van der Waals surface area (Å²) in [4.78, 5) is 16.7. The van der Waals surface area contributed by atoms with Crippen LogP contribution < -0.4 is 14.8 Å². The van der Waals surface area contributed by atoms with Crippen LogP contribution in [0.15, 0.2) is 42.5 Å². The molecule has 2 amide bonds. The van der Waals surface area contributed by atoms with Gasteiger partial charge >= 0.3 is 6.03 Å². The van der Waals surface area contributed by atoms with E-state index in [2.05, 4.69) is 16.3 Å². The largest absolute Gasteiger partial charge is 0.493 e. The first-order valence-electron chi connectivity index (χ1n) is 9.29. The molecule has 0 bridgehead atoms. The number of piperazine rings is 1. The Labute approximate surface area is 171 Å². The number of ether oxygens (including phenoxy) is 2. The first-order chi connectivity index (χ1) is 13.6. The SMILES string of the molecule is COc1ccc(CNC(=O)N2CCN(Cc3cccc(Cl)c3)CC2)cc1OC. The molecular formula is C21H26ClN3O3. The Bertz CT molecular complexity index is 807. The highest BCUT2D eigenvalue weighted by atomic mass is 35.5. The summed E-state index contributed by atoms with van der Waals surface area (Å²) in [6.07, 6.45) is 0. The molecule has 1 heterocycles. The summed E-state index contributed by atoms with van der Waals surface area (Å²) in [5.74, 6) is 1.33. The van der Waals surface area contributed by atoms with E-state index in [4.69, 9.17) is 21.1 Å². The van der Waals surface area contributed by atoms with E-state index < -0.39 is 0 Å². The number of amides is 2. The van der Waals surface area contributed by atoms with Crippen molar-refractivity contribution in [3.63, 3.8) is 0 Å². The Morgan fingerprint density at radius 1 is 1.00 bits per heavy atom. The van der Waals surface area contributed by atoms with Crippen LogP contribution in [0.2, 0.25) is 5.02 Å². The number of rotatable bonds is 6. The van der Waals surface area contributed by atoms with Crippen molar-refractivity contribution in [2.24, 2.45) is 0 Å². The highest BCUT2D eigenvalue weighted by Crippen LogP contribution is 2.27. The van der Waals surface area contributed by atoms with Gasteiger partial charge in [0.15, 0.2) is 11.5 Å². The molecule has 0 radical (unpaired) electrons. The van der Waals surface area contributed by atoms with Crippen molar-refractivity contribution in [3.8, 4) is 11.5 Å². The van der Waals surface area contributed by atoms with Gasteiger partial charge in [0, 0.05) is 44.3 Å². The maximum absolute atomic E-state index is 12.5. The summed E-state index contributed by atoms with van der Waals surface area (Å²) in [5.41, 5.74) is 2.16. The summed E-state index contributed by atoms with van der Waals surface area (Å²) in [6, 6.07) is 13.5. The van der Waals surface area contributed by atoms with Crippen LogP contribution in [0.5, 0.6) is 11.5 Å². The van der Waals surface area contributed by atoms with E-state index in [0.717, 1.165) is 30.2 Å². The zero-order valence-electron chi connectivity index (χ0n) is 16.3. The molecule has 1 aliphatic heterocycles. The van der Waals surface area contributed by atoms with Crippen molar-refractivity contribution in [1.29, 1.82) is 0 Å². The van der Waals surface area contributed by atoms with Crippen molar-refractivity contribution in [1.82, 2.24) is 15.1 Å². The highest BCUT2D eigenvalue weighted by Gasteiger charge is 2.21. The molecule has 0 aliphatic carbocycles. The number of hydrogen-bond donors (Lipinski definition) is 1. The Kier molecular flexibility index (Phi) is 7.01. The second kappa shape index (κ2) is 9.66. The molecule has 0 unspecified atom stereocenters. The lowest BCUT2D eigenvalue weighted by Crippen LogP contribution is -2.51. The standard InChI is InChI=1S/C21H26ClN3O3/c1-27-19-7-6-16(13-20(19)28-2)14-23-21(26)25-10-8-24(9-11-25)15-17-4-3-5-18(22)12-17/h3-7,12-13H,8-11,14-15H2,1-2H3,(H,23,26). The number of carbonyl (C=O) groups excluding carboxylic acids is 1. The first kappa shape index (κ1) is 20.3. The lowest BCUT2D eigenvalue weighted by Gasteiger charge is -2.34. The minimum Gasteiger partial charge on any atom is -0.493 e. The quantitative estimate of drug-likeness (QED) is 0.803. The van der Waals surface area contributed by atoms with E-state index in [0.29, 0.717) is 31.1 Å². The van der Waals surface area contributed by atoms with Crippen LogP contribution in [0, 0.1) is 0 Å². The fourth-order valence-electron chi connectivity index (χ4n) is 3.28. The summed E-state index contributed by atoms with van der Waals surface area (Å²) < 4.78 is 10.5. The van der Waals surface area contributed by atoms with E-state index >= 15 is 0 Å². The maximum atomic E-state index is 12.5. The number of nitrogens with one attached hydrogen (secondary N) is 1. The molecule has 7 heteroatoms. The van der Waals surface area contributed by atoms with Gasteiger partial charge in [0.25, 0.3) is 0 Å². The number of urea groups is 1. The zero-order chi connectivity index (χ0) is 19.9. The second-order valence-corrected chi connectivity index (χ2v) is 7.18. The van der Waals surface area contributed by atoms with Crippen LogP contribution in [0.4, 0.5) is 4.79 Å². The average molecular weight is 404 g/mol. The van der Waals surface area contributed by atoms with Crippen LogP contribution in [-0.4, -0.2) is 56.2 Å². The predicted molar refractivity (Wildman–Crippen MR) is 110 cm³/mol. The van der Waals surface area contributed by atoms with Gasteiger partial charge in [-0.05, 0) is 35.4 Å². The van der Waals surface area contributed by atoms with Gasteiger partial charge in [-0.1, -0.05) is 29.8 Å². The number of nitrogens with zero attached hydrogens (tertiary/aromatic N) is 2. The van der Waals surface area contributed by atoms with E-state index in [1.54, 1.807) is 14.2 Å². The van der Waals surface area contributed by atoms with Crippen LogP contribution >= 0.6 is 11.6 Å². The summed E-state index contributed by atoms with van der Waals surface area (Å²) >= 11 is 6.05. The molecule has 1 saturated heterocycles. The third-order valence-corrected chi connectivity index (χ3v) is 5.08. The minimum atomic E-state index is -0.0443. The Morgan fingerprint density at radius 3 is 2.43 bits per heavy atom. The molecule has 6 nitrogen and oxygen atoms in total. The van der Waals surface area contributed by atoms with Gasteiger partial charge in [-0.25, -0.2) is 4.79 Å². The van der Waals surface area contributed by atoms with Gasteiger partial charge in [-0.15, -0.1) is 0 Å². The fraction of sp³-hybridized carbons (Fsp3) is 0.381. The van der Waals surface area contributed by atoms with Crippen LogP contribution in [0.1, 0.15) is 11.1 Å². The summed E-state index contributed by atoms with van der Waals surface area (Å²) in [6.45, 7) is 4.40. The minimum absolute atomic E-state index is 0.0443. The molecule has 28 heavy (non-hydrogen) atoms. The fourth-order valence-corrected chi connectivity index (χ4v) is 3.50. The second-order valence-electron chi connectivity index (χ2n) is 6.74. The zero-order valence-corrected chi connectivity index (χ0v) is 17.0. The molecule has 0 spiro atoms. The molecule has 2 aromatic rings. The third kappa shape index (κ3) is 5.30. The normalized spacial score (nSPS) is 14.6. The third-order valence-electron chi connectivity index (χ3n) is 4.85. The van der Waals surface area contributed by atoms with Gasteiger partial charge in [-0.2, -0.15) is 0 Å². The van der Waals surface area contributed by atoms with Gasteiger partial charge in [0.1, 0.15) is 0 Å². The Morgan fingerprint density at radius 2 is 1.75 bits per heavy atom. The highest BCUT2D eigenvalue weighted by molar-refractivity contribution is 6.30. The number of carbonyl (C=O) groups is 1. The van der Waals surface area contributed by atoms with Gasteiger partial charge in [-0.3, -0.25) is 4.90 Å². The smallest absolute Gasteiger partial charge is 0.317 e. The van der Waals surface area contributed by atoms with Crippen molar-refractivity contribution in [3.05, 3.63) is 58.6 Å². The number of halogens is 1. The molecule has 0 saturated carbocycles. The van der Waals surface area contributed by atoms with Crippen molar-refractivity contribution >= 4 is 17.6 Å². The topological polar surface area (TPSA) is 54.0 Å². The molecule has 0 atom stereocenters. The van der Waals surface area contributed by atoms with E-state index in [-0.39, 0.29) is 6.03 Å². The van der Waals surface area contributed by atoms with Gasteiger partial charge in [0.2, 0.25) is 0 Å². The molecule has 3 rings (SSSR count).